The van der Waals surface area contributed by atoms with Crippen molar-refractivity contribution in [1.29, 1.82) is 0 Å². The van der Waals surface area contributed by atoms with Gasteiger partial charge in [-0.3, -0.25) is 4.79 Å². The Balaban J connectivity index is 2.04. The minimum absolute atomic E-state index is 0.273. The van der Waals surface area contributed by atoms with Crippen molar-refractivity contribution in [1.82, 2.24) is 5.32 Å². The number of carbonyl (C=O) groups is 1. The fraction of sp³-hybridized carbons (Fsp3) is 0.462. The maximum absolute atomic E-state index is 13.6. The maximum Gasteiger partial charge on any atom is 0.257 e. The highest BCUT2D eigenvalue weighted by molar-refractivity contribution is 9.10. The molecule has 1 aromatic rings. The van der Waals surface area contributed by atoms with Crippen LogP contribution in [0, 0.1) is 17.6 Å². The van der Waals surface area contributed by atoms with E-state index in [1.165, 1.54) is 0 Å². The smallest absolute Gasteiger partial charge is 0.257 e. The largest absolute Gasteiger partial charge is 0.352 e. The van der Waals surface area contributed by atoms with E-state index in [1.807, 2.05) is 0 Å². The van der Waals surface area contributed by atoms with Crippen LogP contribution in [-0.4, -0.2) is 17.3 Å². The Morgan fingerprint density at radius 2 is 1.95 bits per heavy atom. The molecule has 1 fully saturated rings. The topological polar surface area (TPSA) is 29.1 Å². The van der Waals surface area contributed by atoms with Gasteiger partial charge in [0.2, 0.25) is 0 Å². The van der Waals surface area contributed by atoms with Crippen molar-refractivity contribution < 1.29 is 13.6 Å². The van der Waals surface area contributed by atoms with Crippen LogP contribution in [0.4, 0.5) is 8.78 Å². The Hall–Kier alpha value is -0.490. The Morgan fingerprint density at radius 1 is 1.32 bits per heavy atom. The summed E-state index contributed by atoms with van der Waals surface area (Å²) in [5.41, 5.74) is -0.521. The molecule has 104 valence electrons. The Bertz CT molecular complexity index is 473. The highest BCUT2D eigenvalue weighted by Crippen LogP contribution is 2.31. The summed E-state index contributed by atoms with van der Waals surface area (Å²) in [7, 11) is 0. The minimum Gasteiger partial charge on any atom is -0.352 e. The van der Waals surface area contributed by atoms with Crippen molar-refractivity contribution in [2.75, 3.05) is 6.54 Å². The molecule has 0 bridgehead atoms. The Labute approximate surface area is 127 Å². The predicted octanol–water partition coefficient (Wildman–Crippen LogP) is 4.02. The first-order valence-corrected chi connectivity index (χ1v) is 7.76. The number of hydrogen-bond donors (Lipinski definition) is 1. The molecule has 2 rings (SSSR count). The lowest BCUT2D eigenvalue weighted by Crippen LogP contribution is -2.32. The summed E-state index contributed by atoms with van der Waals surface area (Å²) in [5, 5.41) is 2.61. The van der Waals surface area contributed by atoms with Gasteiger partial charge in [-0.25, -0.2) is 8.78 Å². The molecule has 2 unspecified atom stereocenters. The molecule has 1 saturated carbocycles. The predicted molar refractivity (Wildman–Crippen MR) is 76.4 cm³/mol. The van der Waals surface area contributed by atoms with Gasteiger partial charge in [-0.1, -0.05) is 38.3 Å². The van der Waals surface area contributed by atoms with E-state index in [4.69, 9.17) is 0 Å². The molecule has 0 heterocycles. The maximum atomic E-state index is 13.6. The fourth-order valence-electron chi connectivity index (χ4n) is 2.29. The van der Waals surface area contributed by atoms with E-state index in [9.17, 15) is 13.6 Å². The van der Waals surface area contributed by atoms with Crippen LogP contribution in [0.2, 0.25) is 0 Å². The molecule has 1 N–H and O–H groups in total. The molecule has 0 saturated heterocycles. The number of nitrogens with one attached hydrogen (secondary N) is 1. The number of alkyl halides is 1. The van der Waals surface area contributed by atoms with Crippen molar-refractivity contribution in [3.05, 3.63) is 33.8 Å². The number of benzene rings is 1. The van der Waals surface area contributed by atoms with Crippen molar-refractivity contribution in [3.63, 3.8) is 0 Å². The second kappa shape index (κ2) is 6.31. The normalized spacial score (nSPS) is 22.5. The van der Waals surface area contributed by atoms with Crippen LogP contribution in [0.5, 0.6) is 0 Å². The lowest BCUT2D eigenvalue weighted by atomic mass is 10.1. The van der Waals surface area contributed by atoms with E-state index >= 15 is 0 Å². The Morgan fingerprint density at radius 3 is 2.47 bits per heavy atom. The molecular formula is C13H13Br2F2NO. The molecule has 0 radical (unpaired) electrons. The number of amides is 1. The summed E-state index contributed by atoms with van der Waals surface area (Å²) in [4.78, 5) is 12.2. The summed E-state index contributed by atoms with van der Waals surface area (Å²) in [6.45, 7) is 0.434. The van der Waals surface area contributed by atoms with Gasteiger partial charge in [0.15, 0.2) is 0 Å². The first-order valence-electron chi connectivity index (χ1n) is 6.06. The zero-order chi connectivity index (χ0) is 14.0. The average molecular weight is 397 g/mol. The van der Waals surface area contributed by atoms with Gasteiger partial charge in [-0.2, -0.15) is 0 Å². The number of halogens is 4. The molecular weight excluding hydrogens is 384 g/mol. The van der Waals surface area contributed by atoms with Gasteiger partial charge < -0.3 is 5.32 Å². The molecule has 0 aliphatic heterocycles. The van der Waals surface area contributed by atoms with Gasteiger partial charge in [-0.15, -0.1) is 0 Å². The van der Waals surface area contributed by atoms with E-state index in [2.05, 4.69) is 37.2 Å². The number of rotatable bonds is 3. The Kier molecular flexibility index (Phi) is 4.95. The first kappa shape index (κ1) is 14.9. The molecule has 1 amide bonds. The summed E-state index contributed by atoms with van der Waals surface area (Å²) >= 11 is 6.52. The van der Waals surface area contributed by atoms with Crippen LogP contribution < -0.4 is 5.32 Å². The molecule has 0 aromatic heterocycles. The molecule has 19 heavy (non-hydrogen) atoms. The quantitative estimate of drug-likeness (QED) is 0.768. The van der Waals surface area contributed by atoms with E-state index in [1.54, 1.807) is 0 Å². The lowest BCUT2D eigenvalue weighted by Gasteiger charge is -2.15. The van der Waals surface area contributed by atoms with Crippen molar-refractivity contribution >= 4 is 37.8 Å². The van der Waals surface area contributed by atoms with Gasteiger partial charge in [-0.05, 0) is 30.9 Å². The molecule has 1 aliphatic carbocycles. The van der Waals surface area contributed by atoms with E-state index in [-0.39, 0.29) is 4.47 Å². The minimum atomic E-state index is -0.855. The van der Waals surface area contributed by atoms with E-state index in [0.717, 1.165) is 31.4 Å². The standard InChI is InChI=1S/C13H13Br2F2NO/c14-8-4-10(16)12(11(17)5-8)13(19)18-6-7-2-1-3-9(7)15/h4-5,7,9H,1-3,6H2,(H,18,19). The summed E-state index contributed by atoms with van der Waals surface area (Å²) in [6, 6.07) is 2.17. The van der Waals surface area contributed by atoms with Crippen LogP contribution >= 0.6 is 31.9 Å². The van der Waals surface area contributed by atoms with Crippen molar-refractivity contribution in [3.8, 4) is 0 Å². The highest BCUT2D eigenvalue weighted by Gasteiger charge is 2.26. The lowest BCUT2D eigenvalue weighted by molar-refractivity contribution is 0.0939. The third-order valence-corrected chi connectivity index (χ3v) is 4.99. The van der Waals surface area contributed by atoms with Gasteiger partial charge >= 0.3 is 0 Å². The van der Waals surface area contributed by atoms with Gasteiger partial charge in [0.05, 0.1) is 0 Å². The third-order valence-electron chi connectivity index (χ3n) is 3.33. The van der Waals surface area contributed by atoms with Gasteiger partial charge in [0.25, 0.3) is 5.91 Å². The van der Waals surface area contributed by atoms with Crippen LogP contribution in [-0.2, 0) is 0 Å². The van der Waals surface area contributed by atoms with Crippen LogP contribution in [0.15, 0.2) is 16.6 Å². The third kappa shape index (κ3) is 3.54. The molecule has 2 nitrogen and oxygen atoms in total. The summed E-state index contributed by atoms with van der Waals surface area (Å²) < 4.78 is 27.5. The molecule has 1 aromatic carbocycles. The summed E-state index contributed by atoms with van der Waals surface area (Å²) in [6.07, 6.45) is 3.19. The van der Waals surface area contributed by atoms with Crippen LogP contribution in [0.1, 0.15) is 29.6 Å². The second-order valence-electron chi connectivity index (χ2n) is 4.66. The first-order chi connectivity index (χ1) is 8.99. The zero-order valence-corrected chi connectivity index (χ0v) is 13.2. The monoisotopic (exact) mass is 395 g/mol. The van der Waals surface area contributed by atoms with Gasteiger partial charge in [0, 0.05) is 15.8 Å². The van der Waals surface area contributed by atoms with Crippen molar-refractivity contribution in [2.45, 2.75) is 24.1 Å². The molecule has 2 atom stereocenters. The number of hydrogen-bond acceptors (Lipinski definition) is 1. The molecule has 6 heteroatoms. The zero-order valence-electron chi connectivity index (χ0n) is 10.1. The highest BCUT2D eigenvalue weighted by atomic mass is 79.9. The number of carbonyl (C=O) groups excluding carboxylic acids is 1. The second-order valence-corrected chi connectivity index (χ2v) is 6.75. The van der Waals surface area contributed by atoms with Crippen LogP contribution in [0.3, 0.4) is 0 Å². The van der Waals surface area contributed by atoms with Gasteiger partial charge in [0.1, 0.15) is 17.2 Å². The fourth-order valence-corrected chi connectivity index (χ4v) is 3.47. The van der Waals surface area contributed by atoms with E-state index < -0.39 is 23.1 Å². The SMILES string of the molecule is O=C(NCC1CCCC1Br)c1c(F)cc(Br)cc1F. The van der Waals surface area contributed by atoms with Crippen molar-refractivity contribution in [2.24, 2.45) is 5.92 Å². The molecule has 0 spiro atoms. The average Bonchev–Trinajstić information content (AvgIpc) is 2.70. The summed E-state index contributed by atoms with van der Waals surface area (Å²) in [5.74, 6) is -2.09. The van der Waals surface area contributed by atoms with Crippen LogP contribution in [0.25, 0.3) is 0 Å². The van der Waals surface area contributed by atoms with E-state index in [0.29, 0.717) is 17.3 Å². The molecule has 1 aliphatic rings.